The predicted molar refractivity (Wildman–Crippen MR) is 88.3 cm³/mol. The number of nitrogens with one attached hydrogen (secondary N) is 2. The van der Waals surface area contributed by atoms with Crippen molar-refractivity contribution in [1.82, 2.24) is 5.32 Å². The first kappa shape index (κ1) is 16.0. The lowest BCUT2D eigenvalue weighted by Crippen LogP contribution is -2.21. The minimum Gasteiger partial charge on any atom is -0.310 e. The molecule has 0 saturated carbocycles. The highest BCUT2D eigenvalue weighted by atomic mass is 32.2. The fraction of sp³-hybridized carbons (Fsp3) is 0.333. The van der Waals surface area contributed by atoms with E-state index < -0.39 is 10.0 Å². The normalized spacial score (nSPS) is 11.8. The van der Waals surface area contributed by atoms with Crippen molar-refractivity contribution in [3.05, 3.63) is 46.8 Å². The van der Waals surface area contributed by atoms with Gasteiger partial charge in [0.05, 0.1) is 0 Å². The quantitative estimate of drug-likeness (QED) is 0.856. The lowest BCUT2D eigenvalue weighted by atomic mass is 10.2. The molecule has 4 nitrogen and oxygen atoms in total. The highest BCUT2D eigenvalue weighted by Gasteiger charge is 2.17. The molecule has 0 spiro atoms. The summed E-state index contributed by atoms with van der Waals surface area (Å²) in [5.41, 5.74) is 2.59. The van der Waals surface area contributed by atoms with E-state index in [9.17, 15) is 8.42 Å². The average Bonchev–Trinajstić information content (AvgIpc) is 2.85. The SMILES string of the molecule is Cc1cccc(NS(=O)(=O)c2cc(CNC(C)C)cs2)c1. The van der Waals surface area contributed by atoms with Crippen LogP contribution >= 0.6 is 11.3 Å². The molecule has 0 atom stereocenters. The molecule has 0 unspecified atom stereocenters. The highest BCUT2D eigenvalue weighted by Crippen LogP contribution is 2.23. The number of anilines is 1. The van der Waals surface area contributed by atoms with Crippen LogP contribution < -0.4 is 10.0 Å². The third-order valence-corrected chi connectivity index (χ3v) is 5.75. The van der Waals surface area contributed by atoms with Crippen LogP contribution in [0.2, 0.25) is 0 Å². The van der Waals surface area contributed by atoms with Gasteiger partial charge in [0.15, 0.2) is 0 Å². The second kappa shape index (κ2) is 6.60. The molecule has 0 saturated heterocycles. The summed E-state index contributed by atoms with van der Waals surface area (Å²) in [4.78, 5) is 0. The fourth-order valence-corrected chi connectivity index (χ4v) is 4.08. The van der Waals surface area contributed by atoms with E-state index in [0.717, 1.165) is 11.1 Å². The summed E-state index contributed by atoms with van der Waals surface area (Å²) >= 11 is 1.24. The van der Waals surface area contributed by atoms with E-state index in [1.54, 1.807) is 12.1 Å². The van der Waals surface area contributed by atoms with E-state index in [1.807, 2.05) is 30.5 Å². The molecule has 2 aromatic rings. The molecule has 1 heterocycles. The number of rotatable bonds is 6. The van der Waals surface area contributed by atoms with Crippen LogP contribution in [0.1, 0.15) is 25.0 Å². The second-order valence-electron chi connectivity index (χ2n) is 5.28. The topological polar surface area (TPSA) is 58.2 Å². The zero-order valence-electron chi connectivity index (χ0n) is 12.4. The third-order valence-electron chi connectivity index (χ3n) is 2.88. The van der Waals surface area contributed by atoms with Gasteiger partial charge in [-0.2, -0.15) is 0 Å². The molecular formula is C15H20N2O2S2. The van der Waals surface area contributed by atoms with Crippen LogP contribution in [0.3, 0.4) is 0 Å². The Balaban J connectivity index is 2.12. The van der Waals surface area contributed by atoms with Gasteiger partial charge in [0.1, 0.15) is 4.21 Å². The molecule has 114 valence electrons. The number of sulfonamides is 1. The van der Waals surface area contributed by atoms with Crippen LogP contribution in [0.15, 0.2) is 39.9 Å². The van der Waals surface area contributed by atoms with Crippen molar-refractivity contribution in [2.24, 2.45) is 0 Å². The first-order valence-corrected chi connectivity index (χ1v) is 9.13. The van der Waals surface area contributed by atoms with Crippen LogP contribution in [-0.4, -0.2) is 14.5 Å². The van der Waals surface area contributed by atoms with Gasteiger partial charge in [-0.1, -0.05) is 26.0 Å². The van der Waals surface area contributed by atoms with Crippen molar-refractivity contribution in [1.29, 1.82) is 0 Å². The molecule has 0 fully saturated rings. The lowest BCUT2D eigenvalue weighted by molar-refractivity contribution is 0.589. The molecular weight excluding hydrogens is 304 g/mol. The Labute approximate surface area is 130 Å². The summed E-state index contributed by atoms with van der Waals surface area (Å²) in [6.07, 6.45) is 0. The van der Waals surface area contributed by atoms with Gasteiger partial charge in [-0.3, -0.25) is 4.72 Å². The summed E-state index contributed by atoms with van der Waals surface area (Å²) in [5.74, 6) is 0. The molecule has 0 radical (unpaired) electrons. The molecule has 21 heavy (non-hydrogen) atoms. The van der Waals surface area contributed by atoms with Gasteiger partial charge in [-0.05, 0) is 41.6 Å². The van der Waals surface area contributed by atoms with Crippen LogP contribution in [0.4, 0.5) is 5.69 Å². The Morgan fingerprint density at radius 1 is 1.24 bits per heavy atom. The average molecular weight is 324 g/mol. The molecule has 2 rings (SSSR count). The van der Waals surface area contributed by atoms with E-state index in [2.05, 4.69) is 23.9 Å². The van der Waals surface area contributed by atoms with Crippen LogP contribution in [-0.2, 0) is 16.6 Å². The predicted octanol–water partition coefficient (Wildman–Crippen LogP) is 3.36. The maximum Gasteiger partial charge on any atom is 0.271 e. The van der Waals surface area contributed by atoms with Crippen molar-refractivity contribution in [3.8, 4) is 0 Å². The number of hydrogen-bond donors (Lipinski definition) is 2. The Hall–Kier alpha value is -1.37. The molecule has 0 amide bonds. The van der Waals surface area contributed by atoms with E-state index in [4.69, 9.17) is 0 Å². The van der Waals surface area contributed by atoms with Crippen molar-refractivity contribution in [2.45, 2.75) is 37.6 Å². The largest absolute Gasteiger partial charge is 0.310 e. The van der Waals surface area contributed by atoms with Crippen molar-refractivity contribution in [2.75, 3.05) is 4.72 Å². The van der Waals surface area contributed by atoms with Crippen LogP contribution in [0.25, 0.3) is 0 Å². The van der Waals surface area contributed by atoms with Gasteiger partial charge in [0.2, 0.25) is 0 Å². The van der Waals surface area contributed by atoms with E-state index >= 15 is 0 Å². The van der Waals surface area contributed by atoms with Crippen molar-refractivity contribution >= 4 is 27.0 Å². The Morgan fingerprint density at radius 3 is 2.67 bits per heavy atom. The number of aryl methyl sites for hydroxylation is 1. The van der Waals surface area contributed by atoms with E-state index in [-0.39, 0.29) is 0 Å². The highest BCUT2D eigenvalue weighted by molar-refractivity contribution is 7.94. The van der Waals surface area contributed by atoms with Gasteiger partial charge >= 0.3 is 0 Å². The van der Waals surface area contributed by atoms with Gasteiger partial charge in [-0.25, -0.2) is 8.42 Å². The molecule has 0 bridgehead atoms. The van der Waals surface area contributed by atoms with Crippen molar-refractivity contribution < 1.29 is 8.42 Å². The van der Waals surface area contributed by atoms with E-state index in [1.165, 1.54) is 11.3 Å². The summed E-state index contributed by atoms with van der Waals surface area (Å²) in [6.45, 7) is 6.72. The molecule has 1 aromatic carbocycles. The number of hydrogen-bond acceptors (Lipinski definition) is 4. The minimum absolute atomic E-state index is 0.338. The molecule has 1 aromatic heterocycles. The summed E-state index contributed by atoms with van der Waals surface area (Å²) in [6, 6.07) is 9.41. The lowest BCUT2D eigenvalue weighted by Gasteiger charge is -2.07. The first-order valence-electron chi connectivity index (χ1n) is 6.77. The Bertz CT molecular complexity index is 706. The zero-order valence-corrected chi connectivity index (χ0v) is 14.0. The summed E-state index contributed by atoms with van der Waals surface area (Å²) in [5, 5.41) is 5.15. The van der Waals surface area contributed by atoms with Crippen LogP contribution in [0, 0.1) is 6.92 Å². The number of benzene rings is 1. The monoisotopic (exact) mass is 324 g/mol. The Morgan fingerprint density at radius 2 is 2.00 bits per heavy atom. The van der Waals surface area contributed by atoms with E-state index in [0.29, 0.717) is 22.5 Å². The second-order valence-corrected chi connectivity index (χ2v) is 8.11. The number of thiophene rings is 1. The van der Waals surface area contributed by atoms with Crippen LogP contribution in [0.5, 0.6) is 0 Å². The molecule has 2 N–H and O–H groups in total. The fourth-order valence-electron chi connectivity index (χ4n) is 1.82. The minimum atomic E-state index is -3.51. The summed E-state index contributed by atoms with van der Waals surface area (Å²) < 4.78 is 27.6. The van der Waals surface area contributed by atoms with Gasteiger partial charge in [-0.15, -0.1) is 11.3 Å². The Kier molecular flexibility index (Phi) is 5.03. The van der Waals surface area contributed by atoms with Gasteiger partial charge in [0, 0.05) is 18.3 Å². The maximum absolute atomic E-state index is 12.3. The van der Waals surface area contributed by atoms with Crippen molar-refractivity contribution in [3.63, 3.8) is 0 Å². The summed E-state index contributed by atoms with van der Waals surface area (Å²) in [7, 11) is -3.51. The molecule has 0 aliphatic carbocycles. The van der Waals surface area contributed by atoms with Gasteiger partial charge < -0.3 is 5.32 Å². The van der Waals surface area contributed by atoms with Gasteiger partial charge in [0.25, 0.3) is 10.0 Å². The zero-order chi connectivity index (χ0) is 15.5. The standard InChI is InChI=1S/C15H20N2O2S2/c1-11(2)16-9-13-8-15(20-10-13)21(18,19)17-14-6-4-5-12(3)7-14/h4-8,10-11,16-17H,9H2,1-3H3. The molecule has 6 heteroatoms. The first-order chi connectivity index (χ1) is 9.87. The third kappa shape index (κ3) is 4.56. The maximum atomic E-state index is 12.3. The smallest absolute Gasteiger partial charge is 0.271 e. The molecule has 0 aliphatic rings. The molecule has 0 aliphatic heterocycles.